The van der Waals surface area contributed by atoms with Crippen molar-refractivity contribution in [3.63, 3.8) is 0 Å². The Morgan fingerprint density at radius 3 is 1.21 bits per heavy atom. The van der Waals surface area contributed by atoms with Crippen molar-refractivity contribution in [2.24, 2.45) is 0 Å². The highest BCUT2D eigenvalue weighted by molar-refractivity contribution is 6.22. The number of rotatable bonds is 11. The van der Waals surface area contributed by atoms with Crippen molar-refractivity contribution < 1.29 is 4.42 Å². The molecule has 3 nitrogen and oxygen atoms in total. The van der Waals surface area contributed by atoms with Gasteiger partial charge in [0.2, 0.25) is 0 Å². The lowest BCUT2D eigenvalue weighted by Gasteiger charge is -2.29. The average Bonchev–Trinajstić information content (AvgIpc) is 3.89. The minimum Gasteiger partial charge on any atom is -0.453 e. The van der Waals surface area contributed by atoms with Crippen molar-refractivity contribution in [2.45, 2.75) is 0 Å². The molecule has 1 heterocycles. The quantitative estimate of drug-likeness (QED) is 0.129. The zero-order chi connectivity index (χ0) is 48.5. The van der Waals surface area contributed by atoms with E-state index < -0.39 is 0 Å². The Hall–Kier alpha value is -9.70. The first-order valence-electron chi connectivity index (χ1n) is 24.9. The molecule has 0 radical (unpaired) electrons. The van der Waals surface area contributed by atoms with Crippen LogP contribution in [0, 0.1) is 0 Å². The molecule has 13 aromatic rings. The Morgan fingerprint density at radius 1 is 0.233 bits per heavy atom. The highest BCUT2D eigenvalue weighted by Gasteiger charge is 2.26. The lowest BCUT2D eigenvalue weighted by Crippen LogP contribution is -2.13. The van der Waals surface area contributed by atoms with Gasteiger partial charge >= 0.3 is 0 Å². The number of anilines is 6. The first-order chi connectivity index (χ1) is 36.2. The van der Waals surface area contributed by atoms with Crippen LogP contribution in [-0.2, 0) is 0 Å². The number of furan rings is 1. The van der Waals surface area contributed by atoms with Gasteiger partial charge in [-0.05, 0) is 134 Å². The summed E-state index contributed by atoms with van der Waals surface area (Å²) >= 11 is 0. The maximum absolute atomic E-state index is 7.33. The van der Waals surface area contributed by atoms with Crippen molar-refractivity contribution in [1.29, 1.82) is 0 Å². The summed E-state index contributed by atoms with van der Waals surface area (Å²) in [4.78, 5) is 4.70. The largest absolute Gasteiger partial charge is 0.453 e. The van der Waals surface area contributed by atoms with Crippen LogP contribution in [-0.4, -0.2) is 0 Å². The molecule has 0 atom stereocenters. The molecule has 1 aromatic heterocycles. The Bertz CT molecular complexity index is 4020. The van der Waals surface area contributed by atoms with E-state index in [4.69, 9.17) is 4.42 Å². The predicted octanol–water partition coefficient (Wildman–Crippen LogP) is 20.0. The van der Waals surface area contributed by atoms with E-state index in [9.17, 15) is 0 Å². The molecule has 0 saturated heterocycles. The van der Waals surface area contributed by atoms with E-state index in [1.165, 1.54) is 44.5 Å². The predicted molar refractivity (Wildman–Crippen MR) is 308 cm³/mol. The summed E-state index contributed by atoms with van der Waals surface area (Å²) in [6, 6.07) is 104. The number of hydrogen-bond donors (Lipinski definition) is 0. The molecule has 0 amide bonds. The zero-order valence-electron chi connectivity index (χ0n) is 40.0. The average molecular weight is 933 g/mol. The van der Waals surface area contributed by atoms with Gasteiger partial charge in [-0.25, -0.2) is 0 Å². The number of fused-ring (bicyclic) bond motifs is 5. The van der Waals surface area contributed by atoms with Gasteiger partial charge in [-0.15, -0.1) is 0 Å². The molecular formula is C70H48N2O. The Labute approximate surface area is 425 Å². The zero-order valence-corrected chi connectivity index (χ0v) is 40.0. The number of hydrogen-bond acceptors (Lipinski definition) is 3. The van der Waals surface area contributed by atoms with Crippen LogP contribution in [0.25, 0.3) is 88.3 Å². The Morgan fingerprint density at radius 2 is 0.630 bits per heavy atom. The van der Waals surface area contributed by atoms with Gasteiger partial charge in [0.05, 0.1) is 16.8 Å². The van der Waals surface area contributed by atoms with Crippen molar-refractivity contribution in [3.05, 3.63) is 291 Å². The second-order valence-corrected chi connectivity index (χ2v) is 18.4. The van der Waals surface area contributed by atoms with E-state index in [-0.39, 0.29) is 0 Å². The van der Waals surface area contributed by atoms with Crippen molar-refractivity contribution >= 4 is 66.8 Å². The third-order valence-electron chi connectivity index (χ3n) is 14.1. The van der Waals surface area contributed by atoms with Crippen molar-refractivity contribution in [3.8, 4) is 55.6 Å². The molecule has 12 aromatic carbocycles. The first-order valence-corrected chi connectivity index (χ1v) is 24.9. The Kier molecular flexibility index (Phi) is 11.2. The summed E-state index contributed by atoms with van der Waals surface area (Å²) in [5, 5.41) is 4.29. The fourth-order valence-electron chi connectivity index (χ4n) is 10.5. The van der Waals surface area contributed by atoms with Crippen LogP contribution in [0.2, 0.25) is 0 Å². The minimum absolute atomic E-state index is 0.803. The molecule has 344 valence electrons. The second kappa shape index (κ2) is 18.9. The maximum atomic E-state index is 7.33. The fourth-order valence-corrected chi connectivity index (χ4v) is 10.5. The van der Waals surface area contributed by atoms with Crippen LogP contribution < -0.4 is 9.80 Å². The molecule has 0 saturated carbocycles. The van der Waals surface area contributed by atoms with Crippen LogP contribution in [0.3, 0.4) is 0 Å². The standard InChI is InChI=1S/C70H48N2O/c1-6-18-49(19-7-1)51-30-32-52(33-31-51)53-34-40-61(41-35-53)72(59-27-14-5-15-28-59)67-47-46-66(68-64-45-38-55-24-16-17-29-63(55)69(64)73-70(67)68)71(58-25-12-4-13-26-58)60-42-36-56(37-43-60)62-44-39-57(50-20-8-2-9-21-50)48-65(62)54-22-10-3-11-23-54/h1-48H. The lowest BCUT2D eigenvalue weighted by molar-refractivity contribution is 0.673. The van der Waals surface area contributed by atoms with E-state index in [2.05, 4.69) is 301 Å². The highest BCUT2D eigenvalue weighted by Crippen LogP contribution is 2.50. The van der Waals surface area contributed by atoms with Gasteiger partial charge in [-0.2, -0.15) is 0 Å². The van der Waals surface area contributed by atoms with Gasteiger partial charge in [0.15, 0.2) is 5.58 Å². The van der Waals surface area contributed by atoms with Gasteiger partial charge in [0, 0.05) is 33.5 Å². The molecule has 13 rings (SSSR count). The molecule has 0 N–H and O–H groups in total. The normalized spacial score (nSPS) is 11.3. The van der Waals surface area contributed by atoms with E-state index >= 15 is 0 Å². The third-order valence-corrected chi connectivity index (χ3v) is 14.1. The fraction of sp³-hybridized carbons (Fsp3) is 0. The van der Waals surface area contributed by atoms with Crippen LogP contribution in [0.15, 0.2) is 296 Å². The SMILES string of the molecule is c1ccc(-c2ccc(-c3ccc(N(c4ccccc4)c4ccc(N(c5ccccc5)c5ccc(-c6ccc(-c7ccccc7)cc6-c6ccccc6)cc5)c5c4oc4c6ccccc6ccc45)cc3)cc2)cc1. The van der Waals surface area contributed by atoms with Crippen LogP contribution >= 0.6 is 0 Å². The molecule has 0 bridgehead atoms. The van der Waals surface area contributed by atoms with Crippen LogP contribution in [0.1, 0.15) is 0 Å². The van der Waals surface area contributed by atoms with E-state index in [1.54, 1.807) is 0 Å². The monoisotopic (exact) mass is 932 g/mol. The lowest BCUT2D eigenvalue weighted by atomic mass is 9.91. The molecule has 0 unspecified atom stereocenters. The molecule has 0 aliphatic carbocycles. The van der Waals surface area contributed by atoms with Gasteiger partial charge in [-0.1, -0.05) is 218 Å². The van der Waals surface area contributed by atoms with Gasteiger partial charge in [0.25, 0.3) is 0 Å². The topological polar surface area (TPSA) is 19.6 Å². The first kappa shape index (κ1) is 43.3. The number of para-hydroxylation sites is 2. The molecular weight excluding hydrogens is 885 g/mol. The smallest absolute Gasteiger partial charge is 0.161 e. The summed E-state index contributed by atoms with van der Waals surface area (Å²) in [5.41, 5.74) is 19.6. The van der Waals surface area contributed by atoms with Crippen molar-refractivity contribution in [1.82, 2.24) is 0 Å². The van der Waals surface area contributed by atoms with Gasteiger partial charge in [0.1, 0.15) is 5.58 Å². The van der Waals surface area contributed by atoms with Crippen LogP contribution in [0.4, 0.5) is 34.1 Å². The number of nitrogens with zero attached hydrogens (tertiary/aromatic N) is 2. The molecule has 0 aliphatic rings. The molecule has 0 aliphatic heterocycles. The third kappa shape index (κ3) is 8.19. The minimum atomic E-state index is 0.803. The number of benzene rings is 12. The second-order valence-electron chi connectivity index (χ2n) is 18.4. The van der Waals surface area contributed by atoms with Gasteiger partial charge in [-0.3, -0.25) is 0 Å². The summed E-state index contributed by atoms with van der Waals surface area (Å²) < 4.78 is 7.33. The van der Waals surface area contributed by atoms with Gasteiger partial charge < -0.3 is 14.2 Å². The van der Waals surface area contributed by atoms with E-state index in [0.717, 1.165) is 78.0 Å². The summed E-state index contributed by atoms with van der Waals surface area (Å²) in [6.45, 7) is 0. The summed E-state index contributed by atoms with van der Waals surface area (Å²) in [7, 11) is 0. The van der Waals surface area contributed by atoms with E-state index in [0.29, 0.717) is 0 Å². The molecule has 0 fully saturated rings. The van der Waals surface area contributed by atoms with Crippen LogP contribution in [0.5, 0.6) is 0 Å². The Balaban J connectivity index is 0.961. The van der Waals surface area contributed by atoms with Crippen molar-refractivity contribution in [2.75, 3.05) is 9.80 Å². The van der Waals surface area contributed by atoms with E-state index in [1.807, 2.05) is 0 Å². The maximum Gasteiger partial charge on any atom is 0.161 e. The highest BCUT2D eigenvalue weighted by atomic mass is 16.3. The summed E-state index contributed by atoms with van der Waals surface area (Å²) in [6.07, 6.45) is 0. The molecule has 3 heteroatoms. The summed E-state index contributed by atoms with van der Waals surface area (Å²) in [5.74, 6) is 0. The molecule has 73 heavy (non-hydrogen) atoms. The molecule has 0 spiro atoms.